The molecule has 0 heterocycles. The molecule has 0 aromatic heterocycles. The molecule has 0 bridgehead atoms. The fourth-order valence-corrected chi connectivity index (χ4v) is 0.874. The van der Waals surface area contributed by atoms with Gasteiger partial charge < -0.3 is 9.47 Å². The van der Waals surface area contributed by atoms with Gasteiger partial charge in [0, 0.05) is 26.1 Å². The van der Waals surface area contributed by atoms with Crippen molar-refractivity contribution < 1.29 is 14.3 Å². The van der Waals surface area contributed by atoms with Gasteiger partial charge in [0.15, 0.2) is 0 Å². The second-order valence-corrected chi connectivity index (χ2v) is 3.23. The fourth-order valence-electron chi connectivity index (χ4n) is 0.874. The fraction of sp³-hybridized carbons (Fsp3) is 0.727. The molecule has 14 heavy (non-hydrogen) atoms. The maximum atomic E-state index is 11.1. The van der Waals surface area contributed by atoms with Gasteiger partial charge in [0.1, 0.15) is 0 Å². The second kappa shape index (κ2) is 8.75. The van der Waals surface area contributed by atoms with E-state index >= 15 is 0 Å². The first-order valence-electron chi connectivity index (χ1n) is 5.04. The monoisotopic (exact) mass is 200 g/mol. The lowest BCUT2D eigenvalue weighted by Crippen LogP contribution is -2.07. The number of esters is 1. The van der Waals surface area contributed by atoms with Crippen molar-refractivity contribution in [2.75, 3.05) is 19.8 Å². The van der Waals surface area contributed by atoms with Crippen LogP contribution < -0.4 is 0 Å². The van der Waals surface area contributed by atoms with E-state index in [2.05, 4.69) is 6.58 Å². The molecule has 0 atom stereocenters. The Morgan fingerprint density at radius 3 is 2.57 bits per heavy atom. The number of hydrogen-bond donors (Lipinski definition) is 0. The molecule has 0 amide bonds. The Morgan fingerprint density at radius 2 is 2.00 bits per heavy atom. The van der Waals surface area contributed by atoms with E-state index in [1.165, 1.54) is 0 Å². The van der Waals surface area contributed by atoms with Gasteiger partial charge in [-0.3, -0.25) is 4.79 Å². The van der Waals surface area contributed by atoms with E-state index in [-0.39, 0.29) is 5.97 Å². The lowest BCUT2D eigenvalue weighted by atomic mass is 10.2. The van der Waals surface area contributed by atoms with Gasteiger partial charge in [-0.1, -0.05) is 5.57 Å². The number of carbonyl (C=O) groups excluding carboxylic acids is 1. The zero-order valence-corrected chi connectivity index (χ0v) is 9.17. The van der Waals surface area contributed by atoms with Crippen LogP contribution in [0.2, 0.25) is 0 Å². The van der Waals surface area contributed by atoms with Crippen molar-refractivity contribution in [3.05, 3.63) is 12.2 Å². The van der Waals surface area contributed by atoms with Crippen LogP contribution in [0.5, 0.6) is 0 Å². The summed E-state index contributed by atoms with van der Waals surface area (Å²) < 4.78 is 10.1. The summed E-state index contributed by atoms with van der Waals surface area (Å²) in [6.07, 6.45) is 1.92. The molecule has 0 spiro atoms. The van der Waals surface area contributed by atoms with Gasteiger partial charge in [-0.25, -0.2) is 0 Å². The minimum Gasteiger partial charge on any atom is -0.465 e. The van der Waals surface area contributed by atoms with Crippen molar-refractivity contribution in [1.29, 1.82) is 0 Å². The maximum absolute atomic E-state index is 11.1. The molecule has 0 unspecified atom stereocenters. The first-order valence-corrected chi connectivity index (χ1v) is 5.04. The molecule has 0 aromatic rings. The maximum Gasteiger partial charge on any atom is 0.305 e. The van der Waals surface area contributed by atoms with Crippen LogP contribution in [0.4, 0.5) is 0 Å². The van der Waals surface area contributed by atoms with Crippen LogP contribution in [-0.2, 0) is 14.3 Å². The van der Waals surface area contributed by atoms with E-state index in [1.807, 2.05) is 13.8 Å². The summed E-state index contributed by atoms with van der Waals surface area (Å²) in [4.78, 5) is 11.1. The number of ether oxygens (including phenoxy) is 2. The van der Waals surface area contributed by atoms with Crippen molar-refractivity contribution in [3.8, 4) is 0 Å². The van der Waals surface area contributed by atoms with Crippen LogP contribution in [0.25, 0.3) is 0 Å². The van der Waals surface area contributed by atoms with E-state index in [4.69, 9.17) is 9.47 Å². The molecule has 82 valence electrons. The minimum atomic E-state index is -0.147. The van der Waals surface area contributed by atoms with Crippen LogP contribution in [-0.4, -0.2) is 25.8 Å². The van der Waals surface area contributed by atoms with Crippen molar-refractivity contribution in [2.45, 2.75) is 33.1 Å². The molecule has 0 aliphatic heterocycles. The second-order valence-electron chi connectivity index (χ2n) is 3.23. The van der Waals surface area contributed by atoms with Gasteiger partial charge in [0.05, 0.1) is 6.61 Å². The first-order chi connectivity index (χ1) is 6.66. The van der Waals surface area contributed by atoms with E-state index in [1.54, 1.807) is 0 Å². The van der Waals surface area contributed by atoms with Crippen molar-refractivity contribution >= 4 is 5.97 Å². The number of hydrogen-bond acceptors (Lipinski definition) is 3. The Bertz CT molecular complexity index is 175. The summed E-state index contributed by atoms with van der Waals surface area (Å²) in [5.41, 5.74) is 1.03. The molecule has 0 saturated heterocycles. The number of rotatable bonds is 8. The molecular formula is C11H20O3. The summed E-state index contributed by atoms with van der Waals surface area (Å²) in [5.74, 6) is -0.147. The lowest BCUT2D eigenvalue weighted by molar-refractivity contribution is -0.143. The minimum absolute atomic E-state index is 0.147. The van der Waals surface area contributed by atoms with Gasteiger partial charge in [-0.05, 0) is 20.3 Å². The average molecular weight is 200 g/mol. The van der Waals surface area contributed by atoms with Crippen molar-refractivity contribution in [1.82, 2.24) is 0 Å². The summed E-state index contributed by atoms with van der Waals surface area (Å²) in [6, 6.07) is 0. The molecule has 3 nitrogen and oxygen atoms in total. The van der Waals surface area contributed by atoms with Crippen LogP contribution in [0.15, 0.2) is 12.2 Å². The molecule has 0 aliphatic rings. The van der Waals surface area contributed by atoms with Crippen LogP contribution in [0.3, 0.4) is 0 Å². The SMILES string of the molecule is C=C(C)CCOC(=O)CCCOCC. The average Bonchev–Trinajstić information content (AvgIpc) is 2.12. The van der Waals surface area contributed by atoms with Gasteiger partial charge in [0.2, 0.25) is 0 Å². The van der Waals surface area contributed by atoms with Gasteiger partial charge in [0.25, 0.3) is 0 Å². The van der Waals surface area contributed by atoms with Gasteiger partial charge >= 0.3 is 5.97 Å². The molecule has 0 aromatic carbocycles. The standard InChI is InChI=1S/C11H20O3/c1-4-13-8-5-6-11(12)14-9-7-10(2)3/h2,4-9H2,1,3H3. The van der Waals surface area contributed by atoms with Crippen LogP contribution in [0.1, 0.15) is 33.1 Å². The molecule has 0 rings (SSSR count). The zero-order valence-electron chi connectivity index (χ0n) is 9.17. The smallest absolute Gasteiger partial charge is 0.305 e. The Hall–Kier alpha value is -0.830. The third-order valence-corrected chi connectivity index (χ3v) is 1.67. The van der Waals surface area contributed by atoms with Crippen LogP contribution in [0, 0.1) is 0 Å². The largest absolute Gasteiger partial charge is 0.465 e. The zero-order chi connectivity index (χ0) is 10.8. The molecule has 0 aliphatic carbocycles. The van der Waals surface area contributed by atoms with Crippen LogP contribution >= 0.6 is 0 Å². The highest BCUT2D eigenvalue weighted by Gasteiger charge is 2.01. The summed E-state index contributed by atoms with van der Waals surface area (Å²) >= 11 is 0. The highest BCUT2D eigenvalue weighted by molar-refractivity contribution is 5.69. The topological polar surface area (TPSA) is 35.5 Å². The Labute approximate surface area is 86.1 Å². The third kappa shape index (κ3) is 9.26. The van der Waals surface area contributed by atoms with E-state index < -0.39 is 0 Å². The molecule has 0 fully saturated rings. The van der Waals surface area contributed by atoms with E-state index in [0.717, 1.165) is 18.4 Å². The molecule has 0 saturated carbocycles. The normalized spacial score (nSPS) is 9.86. The highest BCUT2D eigenvalue weighted by atomic mass is 16.5. The van der Waals surface area contributed by atoms with Gasteiger partial charge in [-0.15, -0.1) is 6.58 Å². The molecule has 3 heteroatoms. The quantitative estimate of drug-likeness (QED) is 0.342. The Balaban J connectivity index is 3.24. The molecular weight excluding hydrogens is 180 g/mol. The highest BCUT2D eigenvalue weighted by Crippen LogP contribution is 1.98. The Kier molecular flexibility index (Phi) is 8.24. The first kappa shape index (κ1) is 13.2. The lowest BCUT2D eigenvalue weighted by Gasteiger charge is -2.04. The van der Waals surface area contributed by atoms with Crippen molar-refractivity contribution in [3.63, 3.8) is 0 Å². The predicted molar refractivity (Wildman–Crippen MR) is 56.1 cm³/mol. The van der Waals surface area contributed by atoms with Crippen molar-refractivity contribution in [2.24, 2.45) is 0 Å². The van der Waals surface area contributed by atoms with E-state index in [9.17, 15) is 4.79 Å². The molecule has 0 N–H and O–H groups in total. The van der Waals surface area contributed by atoms with E-state index in [0.29, 0.717) is 26.2 Å². The third-order valence-electron chi connectivity index (χ3n) is 1.67. The number of carbonyl (C=O) groups is 1. The summed E-state index contributed by atoms with van der Waals surface area (Å²) in [5, 5.41) is 0. The summed E-state index contributed by atoms with van der Waals surface area (Å²) in [7, 11) is 0. The van der Waals surface area contributed by atoms with Gasteiger partial charge in [-0.2, -0.15) is 0 Å². The summed E-state index contributed by atoms with van der Waals surface area (Å²) in [6.45, 7) is 9.36. The molecule has 0 radical (unpaired) electrons. The Morgan fingerprint density at radius 1 is 1.29 bits per heavy atom. The predicted octanol–water partition coefficient (Wildman–Crippen LogP) is 2.31.